The number of hydrogen-bond acceptors (Lipinski definition) is 5. The van der Waals surface area contributed by atoms with Crippen molar-refractivity contribution in [1.29, 1.82) is 0 Å². The minimum Gasteiger partial charge on any atom is -0.492 e. The highest BCUT2D eigenvalue weighted by molar-refractivity contribution is 5.26. The molecular formula is C9H16N2O3. The average molecular weight is 200 g/mol. The van der Waals surface area contributed by atoms with Crippen LogP contribution in [0, 0.1) is 0 Å². The van der Waals surface area contributed by atoms with Crippen LogP contribution in [0.4, 0.5) is 0 Å². The first kappa shape index (κ1) is 12.8. The Morgan fingerprint density at radius 1 is 1.43 bits per heavy atom. The summed E-state index contributed by atoms with van der Waals surface area (Å²) in [6.07, 6.45) is 0. The van der Waals surface area contributed by atoms with Crippen LogP contribution in [0.3, 0.4) is 0 Å². The lowest BCUT2D eigenvalue weighted by atomic mass is 10.3. The molecule has 0 aliphatic heterocycles. The molecule has 0 saturated heterocycles. The molecule has 5 nitrogen and oxygen atoms in total. The van der Waals surface area contributed by atoms with E-state index in [9.17, 15) is 9.59 Å². The molecule has 0 bridgehead atoms. The monoisotopic (exact) mass is 200 g/mol. The number of rotatable bonds is 3. The summed E-state index contributed by atoms with van der Waals surface area (Å²) in [7, 11) is 5.37. The zero-order chi connectivity index (χ0) is 11.1. The Labute approximate surface area is 82.8 Å². The van der Waals surface area contributed by atoms with E-state index < -0.39 is 10.9 Å². The number of nitrogens with zero attached hydrogens (tertiary/aromatic N) is 1. The van der Waals surface area contributed by atoms with Crippen LogP contribution in [0.25, 0.3) is 0 Å². The van der Waals surface area contributed by atoms with Gasteiger partial charge in [-0.15, -0.1) is 0 Å². The SMILES string of the molecule is CN(C)CCN.COc1cc(=O)c1=O. The third-order valence-corrected chi connectivity index (χ3v) is 1.51. The Balaban J connectivity index is 0.000000255. The van der Waals surface area contributed by atoms with Gasteiger partial charge in [-0.3, -0.25) is 9.59 Å². The van der Waals surface area contributed by atoms with Gasteiger partial charge in [0.2, 0.25) is 5.43 Å². The maximum atomic E-state index is 10.2. The highest BCUT2D eigenvalue weighted by atomic mass is 16.5. The molecule has 0 fully saturated rings. The largest absolute Gasteiger partial charge is 0.492 e. The van der Waals surface area contributed by atoms with E-state index in [4.69, 9.17) is 5.73 Å². The second kappa shape index (κ2) is 6.28. The summed E-state index contributed by atoms with van der Waals surface area (Å²) in [5, 5.41) is 0. The molecule has 1 aromatic carbocycles. The molecular weight excluding hydrogens is 184 g/mol. The molecule has 0 amide bonds. The van der Waals surface area contributed by atoms with Crippen LogP contribution < -0.4 is 21.3 Å². The minimum atomic E-state index is -0.521. The topological polar surface area (TPSA) is 72.6 Å². The molecule has 80 valence electrons. The van der Waals surface area contributed by atoms with Crippen LogP contribution in [-0.4, -0.2) is 39.2 Å². The lowest BCUT2D eigenvalue weighted by molar-refractivity contribution is 0.405. The van der Waals surface area contributed by atoms with Gasteiger partial charge in [-0.05, 0) is 14.1 Å². The Kier molecular flexibility index (Phi) is 5.74. The van der Waals surface area contributed by atoms with E-state index in [-0.39, 0.29) is 5.75 Å². The fraction of sp³-hybridized carbons (Fsp3) is 0.556. The molecule has 0 spiro atoms. The summed E-state index contributed by atoms with van der Waals surface area (Å²) < 4.78 is 4.46. The molecule has 5 heteroatoms. The van der Waals surface area contributed by atoms with Crippen molar-refractivity contribution < 1.29 is 4.74 Å². The van der Waals surface area contributed by atoms with E-state index >= 15 is 0 Å². The Morgan fingerprint density at radius 3 is 2.07 bits per heavy atom. The van der Waals surface area contributed by atoms with Gasteiger partial charge in [0.15, 0.2) is 5.75 Å². The summed E-state index contributed by atoms with van der Waals surface area (Å²) in [5.74, 6) is 0.162. The summed E-state index contributed by atoms with van der Waals surface area (Å²) in [4.78, 5) is 22.4. The van der Waals surface area contributed by atoms with Crippen LogP contribution in [0.2, 0.25) is 0 Å². The highest BCUT2D eigenvalue weighted by Crippen LogP contribution is 1.94. The number of likely N-dealkylation sites (N-methyl/N-ethyl adjacent to an activating group) is 1. The standard InChI is InChI=1S/C5H4O3.C4H12N2/c1-8-4-2-3(6)5(4)7;1-6(2)4-3-5/h2H,1H3;3-5H2,1-2H3. The summed E-state index contributed by atoms with van der Waals surface area (Å²) in [6, 6.07) is 1.17. The van der Waals surface area contributed by atoms with E-state index in [0.29, 0.717) is 0 Å². The van der Waals surface area contributed by atoms with Gasteiger partial charge >= 0.3 is 0 Å². The summed E-state index contributed by atoms with van der Waals surface area (Å²) in [6.45, 7) is 1.74. The van der Waals surface area contributed by atoms with Gasteiger partial charge in [0, 0.05) is 19.2 Å². The lowest BCUT2D eigenvalue weighted by Gasteiger charge is -2.03. The zero-order valence-corrected chi connectivity index (χ0v) is 8.74. The lowest BCUT2D eigenvalue weighted by Crippen LogP contribution is -2.29. The molecule has 14 heavy (non-hydrogen) atoms. The average Bonchev–Trinajstić information content (AvgIpc) is 2.14. The van der Waals surface area contributed by atoms with Crippen molar-refractivity contribution in [2.75, 3.05) is 34.3 Å². The predicted molar refractivity (Wildman–Crippen MR) is 55.5 cm³/mol. The Hall–Kier alpha value is -1.20. The molecule has 0 radical (unpaired) electrons. The van der Waals surface area contributed by atoms with Gasteiger partial charge in [0.05, 0.1) is 7.11 Å². The molecule has 0 saturated carbocycles. The molecule has 1 aromatic rings. The van der Waals surface area contributed by atoms with Crippen LogP contribution in [0.5, 0.6) is 5.75 Å². The van der Waals surface area contributed by atoms with Gasteiger partial charge in [-0.25, -0.2) is 0 Å². The maximum absolute atomic E-state index is 10.2. The molecule has 0 unspecified atom stereocenters. The zero-order valence-electron chi connectivity index (χ0n) is 8.74. The van der Waals surface area contributed by atoms with E-state index in [1.807, 2.05) is 14.1 Å². The first-order chi connectivity index (χ1) is 6.52. The predicted octanol–water partition coefficient (Wildman–Crippen LogP) is -1.20. The van der Waals surface area contributed by atoms with Crippen molar-refractivity contribution in [3.05, 3.63) is 26.5 Å². The fourth-order valence-corrected chi connectivity index (χ4v) is 0.704. The molecule has 0 atom stereocenters. The van der Waals surface area contributed by atoms with Crippen molar-refractivity contribution in [3.8, 4) is 5.75 Å². The van der Waals surface area contributed by atoms with Crippen molar-refractivity contribution in [1.82, 2.24) is 4.90 Å². The number of nitrogens with two attached hydrogens (primary N) is 1. The maximum Gasteiger partial charge on any atom is 0.267 e. The van der Waals surface area contributed by atoms with Crippen LogP contribution >= 0.6 is 0 Å². The molecule has 2 N–H and O–H groups in total. The normalized spacial score (nSPS) is 9.79. The number of hydrogen-bond donors (Lipinski definition) is 1. The first-order valence-corrected chi connectivity index (χ1v) is 4.22. The van der Waals surface area contributed by atoms with Crippen molar-refractivity contribution in [3.63, 3.8) is 0 Å². The van der Waals surface area contributed by atoms with E-state index in [0.717, 1.165) is 13.1 Å². The van der Waals surface area contributed by atoms with Gasteiger partial charge in [-0.1, -0.05) is 0 Å². The summed E-state index contributed by atoms with van der Waals surface area (Å²) in [5.41, 5.74) is 4.20. The highest BCUT2D eigenvalue weighted by Gasteiger charge is 2.07. The van der Waals surface area contributed by atoms with Gasteiger partial charge in [0.1, 0.15) is 0 Å². The molecule has 1 rings (SSSR count). The van der Waals surface area contributed by atoms with E-state index in [1.54, 1.807) is 0 Å². The van der Waals surface area contributed by atoms with Gasteiger partial charge < -0.3 is 15.4 Å². The third kappa shape index (κ3) is 4.15. The second-order valence-corrected chi connectivity index (χ2v) is 3.00. The Bertz CT molecular complexity index is 326. The van der Waals surface area contributed by atoms with Gasteiger partial charge in [0.25, 0.3) is 5.43 Å². The Morgan fingerprint density at radius 2 is 2.00 bits per heavy atom. The third-order valence-electron chi connectivity index (χ3n) is 1.51. The first-order valence-electron chi connectivity index (χ1n) is 4.22. The number of methoxy groups -OCH3 is 1. The molecule has 0 aliphatic carbocycles. The van der Waals surface area contributed by atoms with Crippen LogP contribution in [0.15, 0.2) is 15.7 Å². The smallest absolute Gasteiger partial charge is 0.267 e. The second-order valence-electron chi connectivity index (χ2n) is 3.00. The van der Waals surface area contributed by atoms with Gasteiger partial charge in [-0.2, -0.15) is 0 Å². The quantitative estimate of drug-likeness (QED) is 0.620. The van der Waals surface area contributed by atoms with E-state index in [2.05, 4.69) is 9.64 Å². The van der Waals surface area contributed by atoms with Crippen LogP contribution in [0.1, 0.15) is 0 Å². The fourth-order valence-electron chi connectivity index (χ4n) is 0.704. The van der Waals surface area contributed by atoms with E-state index in [1.165, 1.54) is 13.2 Å². The minimum absolute atomic E-state index is 0.162. The van der Waals surface area contributed by atoms with Crippen molar-refractivity contribution >= 4 is 0 Å². The summed E-state index contributed by atoms with van der Waals surface area (Å²) >= 11 is 0. The van der Waals surface area contributed by atoms with Crippen LogP contribution in [-0.2, 0) is 0 Å². The molecule has 0 heterocycles. The number of ether oxygens (including phenoxy) is 1. The molecule has 0 aliphatic rings. The van der Waals surface area contributed by atoms with Crippen molar-refractivity contribution in [2.45, 2.75) is 0 Å². The molecule has 0 aromatic heterocycles. The van der Waals surface area contributed by atoms with Crippen molar-refractivity contribution in [2.24, 2.45) is 5.73 Å².